The Labute approximate surface area is 109 Å². The summed E-state index contributed by atoms with van der Waals surface area (Å²) in [7, 11) is 0. The van der Waals surface area contributed by atoms with E-state index in [0.29, 0.717) is 13.0 Å². The van der Waals surface area contributed by atoms with Gasteiger partial charge in [-0.15, -0.1) is 0 Å². The summed E-state index contributed by atoms with van der Waals surface area (Å²) < 4.78 is 0. The Kier molecular flexibility index (Phi) is 6.12. The van der Waals surface area contributed by atoms with Crippen molar-refractivity contribution in [2.75, 3.05) is 19.6 Å². The number of amides is 2. The van der Waals surface area contributed by atoms with E-state index < -0.39 is 0 Å². The van der Waals surface area contributed by atoms with E-state index >= 15 is 0 Å². The summed E-state index contributed by atoms with van der Waals surface area (Å²) in [6.45, 7) is 5.69. The molecule has 1 aliphatic rings. The monoisotopic (exact) mass is 255 g/mol. The lowest BCUT2D eigenvalue weighted by Gasteiger charge is -2.31. The van der Waals surface area contributed by atoms with Crippen molar-refractivity contribution in [3.05, 3.63) is 0 Å². The predicted octanol–water partition coefficient (Wildman–Crippen LogP) is 0.489. The Bertz CT molecular complexity index is 282. The van der Waals surface area contributed by atoms with Crippen LogP contribution in [-0.2, 0) is 9.59 Å². The van der Waals surface area contributed by atoms with Gasteiger partial charge in [0.05, 0.1) is 0 Å². The maximum Gasteiger partial charge on any atom is 0.220 e. The summed E-state index contributed by atoms with van der Waals surface area (Å²) in [5.41, 5.74) is 5.59. The molecule has 0 spiro atoms. The molecule has 0 saturated carbocycles. The van der Waals surface area contributed by atoms with Crippen LogP contribution in [0, 0.1) is 5.92 Å². The highest BCUT2D eigenvalue weighted by Gasteiger charge is 2.22. The molecule has 0 aromatic rings. The molecule has 3 N–H and O–H groups in total. The van der Waals surface area contributed by atoms with E-state index in [9.17, 15) is 9.59 Å². The summed E-state index contributed by atoms with van der Waals surface area (Å²) in [4.78, 5) is 24.8. The lowest BCUT2D eigenvalue weighted by atomic mass is 10.0. The smallest absolute Gasteiger partial charge is 0.220 e. The number of rotatable bonds is 5. The first-order valence-corrected chi connectivity index (χ1v) is 6.81. The third kappa shape index (κ3) is 4.64. The van der Waals surface area contributed by atoms with Crippen LogP contribution in [0.1, 0.15) is 39.5 Å². The fourth-order valence-electron chi connectivity index (χ4n) is 2.28. The van der Waals surface area contributed by atoms with Gasteiger partial charge in [-0.25, -0.2) is 0 Å². The van der Waals surface area contributed by atoms with Gasteiger partial charge in [-0.3, -0.25) is 9.59 Å². The molecule has 1 fully saturated rings. The quantitative estimate of drug-likeness (QED) is 0.750. The van der Waals surface area contributed by atoms with Crippen molar-refractivity contribution in [3.8, 4) is 0 Å². The fourth-order valence-corrected chi connectivity index (χ4v) is 2.28. The average molecular weight is 255 g/mol. The van der Waals surface area contributed by atoms with Crippen LogP contribution in [0.15, 0.2) is 0 Å². The first-order valence-electron chi connectivity index (χ1n) is 6.81. The van der Waals surface area contributed by atoms with E-state index in [1.165, 1.54) is 0 Å². The van der Waals surface area contributed by atoms with Crippen LogP contribution >= 0.6 is 0 Å². The number of likely N-dealkylation sites (tertiary alicyclic amines) is 1. The Morgan fingerprint density at radius 1 is 1.39 bits per heavy atom. The van der Waals surface area contributed by atoms with Gasteiger partial charge < -0.3 is 16.0 Å². The molecule has 1 atom stereocenters. The predicted molar refractivity (Wildman–Crippen MR) is 70.9 cm³/mol. The van der Waals surface area contributed by atoms with Gasteiger partial charge in [-0.2, -0.15) is 0 Å². The zero-order valence-corrected chi connectivity index (χ0v) is 11.4. The first kappa shape index (κ1) is 15.0. The molecule has 5 nitrogen and oxygen atoms in total. The van der Waals surface area contributed by atoms with E-state index in [2.05, 4.69) is 12.2 Å². The zero-order valence-electron chi connectivity index (χ0n) is 11.4. The van der Waals surface area contributed by atoms with E-state index in [1.54, 1.807) is 6.92 Å². The number of hydrogen-bond acceptors (Lipinski definition) is 3. The molecular weight excluding hydrogens is 230 g/mol. The van der Waals surface area contributed by atoms with Gasteiger partial charge in [0.2, 0.25) is 11.8 Å². The molecule has 2 amide bonds. The van der Waals surface area contributed by atoms with Gasteiger partial charge in [0.1, 0.15) is 0 Å². The van der Waals surface area contributed by atoms with E-state index in [4.69, 9.17) is 5.73 Å². The molecule has 1 heterocycles. The molecule has 0 aromatic heterocycles. The SMILES string of the molecule is CCC(CN)CC(=O)NC1CCN(C(C)=O)CC1. The van der Waals surface area contributed by atoms with Crippen molar-refractivity contribution in [3.63, 3.8) is 0 Å². The van der Waals surface area contributed by atoms with E-state index in [0.717, 1.165) is 32.4 Å². The van der Waals surface area contributed by atoms with Crippen LogP contribution < -0.4 is 11.1 Å². The summed E-state index contributed by atoms with van der Waals surface area (Å²) in [6.07, 6.45) is 3.15. The van der Waals surface area contributed by atoms with Crippen molar-refractivity contribution in [1.82, 2.24) is 10.2 Å². The number of carbonyl (C=O) groups is 2. The molecule has 0 radical (unpaired) electrons. The molecule has 1 aliphatic heterocycles. The maximum absolute atomic E-state index is 11.8. The fraction of sp³-hybridized carbons (Fsp3) is 0.846. The lowest BCUT2D eigenvalue weighted by Crippen LogP contribution is -2.46. The summed E-state index contributed by atoms with van der Waals surface area (Å²) in [5, 5.41) is 3.04. The van der Waals surface area contributed by atoms with Crippen LogP contribution in [0.4, 0.5) is 0 Å². The van der Waals surface area contributed by atoms with Gasteiger partial charge in [-0.1, -0.05) is 13.3 Å². The minimum Gasteiger partial charge on any atom is -0.353 e. The second-order valence-electron chi connectivity index (χ2n) is 5.06. The van der Waals surface area contributed by atoms with Crippen molar-refractivity contribution in [1.29, 1.82) is 0 Å². The summed E-state index contributed by atoms with van der Waals surface area (Å²) in [5.74, 6) is 0.491. The van der Waals surface area contributed by atoms with Crippen molar-refractivity contribution in [2.45, 2.75) is 45.6 Å². The van der Waals surface area contributed by atoms with Gasteiger partial charge >= 0.3 is 0 Å². The number of nitrogens with zero attached hydrogens (tertiary/aromatic N) is 1. The number of nitrogens with two attached hydrogens (primary N) is 1. The maximum atomic E-state index is 11.8. The number of nitrogens with one attached hydrogen (secondary N) is 1. The van der Waals surface area contributed by atoms with E-state index in [-0.39, 0.29) is 23.8 Å². The van der Waals surface area contributed by atoms with Crippen LogP contribution in [0.25, 0.3) is 0 Å². The Morgan fingerprint density at radius 2 is 2.00 bits per heavy atom. The molecule has 1 unspecified atom stereocenters. The second-order valence-corrected chi connectivity index (χ2v) is 5.06. The summed E-state index contributed by atoms with van der Waals surface area (Å²) >= 11 is 0. The first-order chi connectivity index (χ1) is 8.56. The summed E-state index contributed by atoms with van der Waals surface area (Å²) in [6, 6.07) is 0.211. The van der Waals surface area contributed by atoms with Crippen LogP contribution in [0.3, 0.4) is 0 Å². The highest BCUT2D eigenvalue weighted by atomic mass is 16.2. The standard InChI is InChI=1S/C13H25N3O2/c1-3-11(9-14)8-13(18)15-12-4-6-16(7-5-12)10(2)17/h11-12H,3-9,14H2,1-2H3,(H,15,18). The molecule has 18 heavy (non-hydrogen) atoms. The highest BCUT2D eigenvalue weighted by molar-refractivity contribution is 5.76. The molecule has 104 valence electrons. The highest BCUT2D eigenvalue weighted by Crippen LogP contribution is 2.12. The second kappa shape index (κ2) is 7.36. The van der Waals surface area contributed by atoms with Gasteiger partial charge in [0.25, 0.3) is 0 Å². The normalized spacial score (nSPS) is 18.5. The molecule has 1 rings (SSSR count). The largest absolute Gasteiger partial charge is 0.353 e. The Balaban J connectivity index is 2.28. The Morgan fingerprint density at radius 3 is 2.44 bits per heavy atom. The van der Waals surface area contributed by atoms with Crippen molar-refractivity contribution < 1.29 is 9.59 Å². The van der Waals surface area contributed by atoms with E-state index in [1.807, 2.05) is 4.90 Å². The topological polar surface area (TPSA) is 75.4 Å². The number of piperidine rings is 1. The third-order valence-electron chi connectivity index (χ3n) is 3.69. The molecule has 0 aromatic carbocycles. The molecule has 0 aliphatic carbocycles. The molecule has 1 saturated heterocycles. The third-order valence-corrected chi connectivity index (χ3v) is 3.69. The molecular formula is C13H25N3O2. The van der Waals surface area contributed by atoms with Crippen LogP contribution in [-0.4, -0.2) is 42.4 Å². The van der Waals surface area contributed by atoms with Crippen molar-refractivity contribution in [2.24, 2.45) is 11.7 Å². The number of carbonyl (C=O) groups excluding carboxylic acids is 2. The molecule has 5 heteroatoms. The van der Waals surface area contributed by atoms with Crippen LogP contribution in [0.5, 0.6) is 0 Å². The van der Waals surface area contributed by atoms with Crippen molar-refractivity contribution >= 4 is 11.8 Å². The van der Waals surface area contributed by atoms with Gasteiger partial charge in [0, 0.05) is 32.5 Å². The van der Waals surface area contributed by atoms with Crippen LogP contribution in [0.2, 0.25) is 0 Å². The molecule has 0 bridgehead atoms. The van der Waals surface area contributed by atoms with Gasteiger partial charge in [-0.05, 0) is 25.3 Å². The average Bonchev–Trinajstić information content (AvgIpc) is 2.36. The number of hydrogen-bond donors (Lipinski definition) is 2. The minimum absolute atomic E-state index is 0.0913. The lowest BCUT2D eigenvalue weighted by molar-refractivity contribution is -0.130. The Hall–Kier alpha value is -1.10. The minimum atomic E-state index is 0.0913. The zero-order chi connectivity index (χ0) is 13.5. The van der Waals surface area contributed by atoms with Gasteiger partial charge in [0.15, 0.2) is 0 Å².